The molecule has 0 spiro atoms. The molecule has 0 amide bonds. The maximum Gasteiger partial charge on any atom is 0.136 e. The minimum Gasteiger partial charge on any atom is -0.456 e. The van der Waals surface area contributed by atoms with Crippen LogP contribution in [0.1, 0.15) is 49.9 Å². The molecular formula is C42H32ClNO. The van der Waals surface area contributed by atoms with Gasteiger partial charge < -0.3 is 9.32 Å². The SMILES string of the molecule is CC1(C)c2ccccc2-c2ccc(N(c3ccc4oc5cccc(Cl)c5c4c3)c3cccc4c3C(C)(C)c3ccccc3-4)cc21. The highest BCUT2D eigenvalue weighted by Crippen LogP contribution is 2.56. The predicted octanol–water partition coefficient (Wildman–Crippen LogP) is 12.3. The van der Waals surface area contributed by atoms with Crippen molar-refractivity contribution >= 4 is 50.6 Å². The zero-order valence-corrected chi connectivity index (χ0v) is 26.5. The van der Waals surface area contributed by atoms with Gasteiger partial charge in [0, 0.05) is 33.0 Å². The molecule has 3 heteroatoms. The molecule has 0 radical (unpaired) electrons. The first kappa shape index (κ1) is 26.6. The molecule has 0 unspecified atom stereocenters. The van der Waals surface area contributed by atoms with Crippen LogP contribution in [-0.4, -0.2) is 0 Å². The van der Waals surface area contributed by atoms with E-state index in [1.807, 2.05) is 18.2 Å². The lowest BCUT2D eigenvalue weighted by Gasteiger charge is -2.33. The van der Waals surface area contributed by atoms with Crippen LogP contribution in [-0.2, 0) is 10.8 Å². The molecule has 1 aromatic heterocycles. The quantitative estimate of drug-likeness (QED) is 0.200. The highest BCUT2D eigenvalue weighted by molar-refractivity contribution is 6.37. The summed E-state index contributed by atoms with van der Waals surface area (Å²) in [6.45, 7) is 9.40. The molecular weight excluding hydrogens is 570 g/mol. The van der Waals surface area contributed by atoms with Crippen LogP contribution in [0.25, 0.3) is 44.2 Å². The van der Waals surface area contributed by atoms with Crippen molar-refractivity contribution in [1.29, 1.82) is 0 Å². The predicted molar refractivity (Wildman–Crippen MR) is 189 cm³/mol. The van der Waals surface area contributed by atoms with E-state index in [-0.39, 0.29) is 10.8 Å². The first-order chi connectivity index (χ1) is 21.7. The summed E-state index contributed by atoms with van der Waals surface area (Å²) in [5.41, 5.74) is 15.4. The number of hydrogen-bond donors (Lipinski definition) is 0. The lowest BCUT2D eigenvalue weighted by Crippen LogP contribution is -2.21. The van der Waals surface area contributed by atoms with E-state index in [9.17, 15) is 0 Å². The third-order valence-corrected chi connectivity index (χ3v) is 10.6. The van der Waals surface area contributed by atoms with Gasteiger partial charge in [0.15, 0.2) is 0 Å². The molecule has 6 aromatic carbocycles. The summed E-state index contributed by atoms with van der Waals surface area (Å²) in [6, 6.07) is 43.8. The number of rotatable bonds is 3. The molecule has 0 atom stereocenters. The Morgan fingerprint density at radius 1 is 0.533 bits per heavy atom. The summed E-state index contributed by atoms with van der Waals surface area (Å²) >= 11 is 6.77. The van der Waals surface area contributed by atoms with Gasteiger partial charge in [0.1, 0.15) is 11.2 Å². The molecule has 0 saturated heterocycles. The van der Waals surface area contributed by atoms with E-state index in [1.54, 1.807) is 0 Å². The second-order valence-corrected chi connectivity index (χ2v) is 13.9. The number of hydrogen-bond acceptors (Lipinski definition) is 2. The van der Waals surface area contributed by atoms with E-state index in [0.717, 1.165) is 33.3 Å². The lowest BCUT2D eigenvalue weighted by atomic mass is 9.81. The molecule has 2 nitrogen and oxygen atoms in total. The highest BCUT2D eigenvalue weighted by atomic mass is 35.5. The van der Waals surface area contributed by atoms with Crippen LogP contribution in [0.5, 0.6) is 0 Å². The third-order valence-electron chi connectivity index (χ3n) is 10.3. The Hall–Kier alpha value is -4.79. The second kappa shape index (κ2) is 9.12. The summed E-state index contributed by atoms with van der Waals surface area (Å²) in [7, 11) is 0. The van der Waals surface area contributed by atoms with Crippen molar-refractivity contribution in [2.24, 2.45) is 0 Å². The molecule has 0 saturated carbocycles. The number of benzene rings is 6. The van der Waals surface area contributed by atoms with Gasteiger partial charge in [0.05, 0.1) is 10.7 Å². The Kier molecular flexibility index (Phi) is 5.39. The lowest BCUT2D eigenvalue weighted by molar-refractivity contribution is 0.658. The van der Waals surface area contributed by atoms with Crippen LogP contribution in [0.15, 0.2) is 126 Å². The Bertz CT molecular complexity index is 2360. The zero-order valence-electron chi connectivity index (χ0n) is 25.8. The van der Waals surface area contributed by atoms with Crippen LogP contribution in [0.4, 0.5) is 17.1 Å². The fraction of sp³-hybridized carbons (Fsp3) is 0.143. The van der Waals surface area contributed by atoms with E-state index < -0.39 is 0 Å². The van der Waals surface area contributed by atoms with Crippen molar-refractivity contribution in [3.63, 3.8) is 0 Å². The molecule has 0 N–H and O–H groups in total. The van der Waals surface area contributed by atoms with Gasteiger partial charge in [0.25, 0.3) is 0 Å². The number of furan rings is 1. The molecule has 45 heavy (non-hydrogen) atoms. The molecule has 0 bridgehead atoms. The summed E-state index contributed by atoms with van der Waals surface area (Å²) in [6.07, 6.45) is 0. The largest absolute Gasteiger partial charge is 0.456 e. The number of nitrogens with zero attached hydrogens (tertiary/aromatic N) is 1. The molecule has 9 rings (SSSR count). The topological polar surface area (TPSA) is 16.4 Å². The Labute approximate surface area is 268 Å². The molecule has 1 heterocycles. The Morgan fingerprint density at radius 3 is 1.96 bits per heavy atom. The standard InChI is InChI=1S/C42H32ClNO/c1-41(2)32-14-7-5-11-27(32)29-21-19-26(24-34(29)41)44(25-20-22-37-31(23-25)39-35(43)16-10-18-38(39)45-37)36-17-9-13-30-28-12-6-8-15-33(28)42(3,4)40(30)36/h5-24H,1-4H3. The summed E-state index contributed by atoms with van der Waals surface area (Å²) in [5.74, 6) is 0. The number of halogens is 1. The second-order valence-electron chi connectivity index (χ2n) is 13.5. The summed E-state index contributed by atoms with van der Waals surface area (Å²) in [5, 5.41) is 2.67. The van der Waals surface area contributed by atoms with E-state index in [2.05, 4.69) is 136 Å². The molecule has 2 aliphatic rings. The first-order valence-corrected chi connectivity index (χ1v) is 16.0. The van der Waals surface area contributed by atoms with Gasteiger partial charge in [0.2, 0.25) is 0 Å². The van der Waals surface area contributed by atoms with Gasteiger partial charge >= 0.3 is 0 Å². The van der Waals surface area contributed by atoms with Crippen molar-refractivity contribution in [2.75, 3.05) is 4.90 Å². The smallest absolute Gasteiger partial charge is 0.136 e. The number of fused-ring (bicyclic) bond motifs is 9. The van der Waals surface area contributed by atoms with Gasteiger partial charge in [-0.15, -0.1) is 0 Å². The minimum atomic E-state index is -0.178. The van der Waals surface area contributed by atoms with Crippen molar-refractivity contribution in [2.45, 2.75) is 38.5 Å². The normalized spacial score (nSPS) is 15.1. The fourth-order valence-electron chi connectivity index (χ4n) is 8.17. The first-order valence-electron chi connectivity index (χ1n) is 15.6. The van der Waals surface area contributed by atoms with Crippen LogP contribution in [0, 0.1) is 0 Å². The maximum atomic E-state index is 6.77. The van der Waals surface area contributed by atoms with Crippen molar-refractivity contribution in [3.8, 4) is 22.3 Å². The molecule has 7 aromatic rings. The van der Waals surface area contributed by atoms with Crippen LogP contribution < -0.4 is 4.90 Å². The van der Waals surface area contributed by atoms with Crippen LogP contribution >= 0.6 is 11.6 Å². The van der Waals surface area contributed by atoms with E-state index >= 15 is 0 Å². The van der Waals surface area contributed by atoms with Gasteiger partial charge in [-0.3, -0.25) is 0 Å². The summed E-state index contributed by atoms with van der Waals surface area (Å²) < 4.78 is 6.25. The molecule has 0 fully saturated rings. The van der Waals surface area contributed by atoms with Crippen molar-refractivity contribution in [1.82, 2.24) is 0 Å². The minimum absolute atomic E-state index is 0.111. The average Bonchev–Trinajstić information content (AvgIpc) is 3.62. The van der Waals surface area contributed by atoms with E-state index in [1.165, 1.54) is 50.2 Å². The van der Waals surface area contributed by atoms with Gasteiger partial charge in [-0.25, -0.2) is 0 Å². The number of anilines is 3. The average molecular weight is 602 g/mol. The Balaban J connectivity index is 1.33. The Morgan fingerprint density at radius 2 is 1.16 bits per heavy atom. The van der Waals surface area contributed by atoms with Crippen molar-refractivity contribution in [3.05, 3.63) is 149 Å². The van der Waals surface area contributed by atoms with Gasteiger partial charge in [-0.2, -0.15) is 0 Å². The van der Waals surface area contributed by atoms with Crippen LogP contribution in [0.3, 0.4) is 0 Å². The maximum absolute atomic E-state index is 6.77. The summed E-state index contributed by atoms with van der Waals surface area (Å²) in [4.78, 5) is 2.45. The third kappa shape index (κ3) is 3.58. The van der Waals surface area contributed by atoms with E-state index in [0.29, 0.717) is 5.02 Å². The molecule has 0 aliphatic heterocycles. The highest BCUT2D eigenvalue weighted by Gasteiger charge is 2.40. The van der Waals surface area contributed by atoms with Crippen molar-refractivity contribution < 1.29 is 4.42 Å². The van der Waals surface area contributed by atoms with Gasteiger partial charge in [-0.1, -0.05) is 112 Å². The molecule has 2 aliphatic carbocycles. The fourth-order valence-corrected chi connectivity index (χ4v) is 8.44. The monoisotopic (exact) mass is 601 g/mol. The van der Waals surface area contributed by atoms with E-state index in [4.69, 9.17) is 16.0 Å². The van der Waals surface area contributed by atoms with Crippen LogP contribution in [0.2, 0.25) is 5.02 Å². The van der Waals surface area contributed by atoms with Gasteiger partial charge in [-0.05, 0) is 93.0 Å². The molecule has 218 valence electrons. The zero-order chi connectivity index (χ0) is 30.7.